The Hall–Kier alpha value is -3.50. The lowest BCUT2D eigenvalue weighted by molar-refractivity contribution is -0.154. The van der Waals surface area contributed by atoms with Crippen LogP contribution in [0, 0.1) is 4.91 Å². The number of carboxylic acids is 1. The number of likely N-dealkylation sites (N-methyl/N-ethyl adjacent to an activating group) is 1. The van der Waals surface area contributed by atoms with E-state index in [1.807, 2.05) is 30.3 Å². The molecular weight excluding hydrogens is 408 g/mol. The molecule has 0 aliphatic carbocycles. The minimum Gasteiger partial charge on any atom is -0.480 e. The number of ether oxygens (including phenoxy) is 1. The number of aryl methyl sites for hydroxylation is 1. The Balaban J connectivity index is 2.27. The van der Waals surface area contributed by atoms with Crippen LogP contribution in [-0.4, -0.2) is 82.1 Å². The fraction of sp³-hybridized carbons (Fsp3) is 0.500. The van der Waals surface area contributed by atoms with Gasteiger partial charge in [0.05, 0.1) is 18.4 Å². The molecule has 0 spiro atoms. The number of hydrogen-bond donors (Lipinski definition) is 1. The van der Waals surface area contributed by atoms with Crippen LogP contribution in [0.2, 0.25) is 0 Å². The second kappa shape index (κ2) is 10.5. The molecule has 168 valence electrons. The molecule has 0 saturated carbocycles. The molecule has 0 aromatic heterocycles. The van der Waals surface area contributed by atoms with Crippen molar-refractivity contribution in [3.63, 3.8) is 0 Å². The Morgan fingerprint density at radius 2 is 1.94 bits per heavy atom. The molecule has 1 aliphatic heterocycles. The first kappa shape index (κ1) is 23.8. The molecule has 2 rings (SSSR count). The van der Waals surface area contributed by atoms with Gasteiger partial charge in [0.1, 0.15) is 12.1 Å². The molecule has 31 heavy (non-hydrogen) atoms. The van der Waals surface area contributed by atoms with Crippen molar-refractivity contribution < 1.29 is 29.0 Å². The molecule has 1 N–H and O–H groups in total. The first-order valence-corrected chi connectivity index (χ1v) is 9.86. The van der Waals surface area contributed by atoms with Crippen LogP contribution in [0.5, 0.6) is 0 Å². The smallest absolute Gasteiger partial charge is 0.330 e. The maximum Gasteiger partial charge on any atom is 0.330 e. The lowest BCUT2D eigenvalue weighted by Gasteiger charge is -2.31. The van der Waals surface area contributed by atoms with Crippen LogP contribution in [0.25, 0.3) is 0 Å². The van der Waals surface area contributed by atoms with Crippen LogP contribution in [0.4, 0.5) is 4.79 Å². The molecule has 0 bridgehead atoms. The number of rotatable bonds is 10. The lowest BCUT2D eigenvalue weighted by atomic mass is 10.0. The predicted octanol–water partition coefficient (Wildman–Crippen LogP) is 1.27. The molecule has 11 nitrogen and oxygen atoms in total. The summed E-state index contributed by atoms with van der Waals surface area (Å²) in [6.45, 7) is 2.78. The Kier molecular flexibility index (Phi) is 8.06. The summed E-state index contributed by atoms with van der Waals surface area (Å²) in [7, 11) is 1.37. The van der Waals surface area contributed by atoms with E-state index in [0.717, 1.165) is 15.5 Å². The van der Waals surface area contributed by atoms with E-state index in [1.54, 1.807) is 6.92 Å². The molecule has 3 atom stereocenters. The van der Waals surface area contributed by atoms with Crippen molar-refractivity contribution in [3.05, 3.63) is 40.8 Å². The topological polar surface area (TPSA) is 137 Å². The SMILES string of the molecule is CCOC(=O)[C@H](CCc1ccccc1)N(N=O)[C@@H](C)C(=O)N1C(=O)N(C)C[C@H]1C(=O)O. The van der Waals surface area contributed by atoms with Gasteiger partial charge in [-0.15, -0.1) is 4.91 Å². The van der Waals surface area contributed by atoms with Gasteiger partial charge in [0.15, 0.2) is 6.04 Å². The van der Waals surface area contributed by atoms with E-state index in [9.17, 15) is 29.2 Å². The molecule has 1 aliphatic rings. The Bertz CT molecular complexity index is 832. The number of amides is 3. The maximum atomic E-state index is 13.0. The zero-order valence-corrected chi connectivity index (χ0v) is 17.6. The summed E-state index contributed by atoms with van der Waals surface area (Å²) in [6, 6.07) is 4.47. The number of hydrogen-bond acceptors (Lipinski definition) is 7. The van der Waals surface area contributed by atoms with Crippen LogP contribution in [0.1, 0.15) is 25.8 Å². The molecule has 1 saturated heterocycles. The number of benzene rings is 1. The van der Waals surface area contributed by atoms with Gasteiger partial charge in [0, 0.05) is 7.05 Å². The van der Waals surface area contributed by atoms with E-state index >= 15 is 0 Å². The van der Waals surface area contributed by atoms with Crippen molar-refractivity contribution in [2.24, 2.45) is 5.29 Å². The average Bonchev–Trinajstić information content (AvgIpc) is 3.05. The van der Waals surface area contributed by atoms with E-state index in [0.29, 0.717) is 11.3 Å². The molecule has 1 heterocycles. The molecule has 11 heteroatoms. The third-order valence-electron chi connectivity index (χ3n) is 5.09. The number of nitroso groups, excluding NO2 is 1. The van der Waals surface area contributed by atoms with Gasteiger partial charge < -0.3 is 14.7 Å². The second-order valence-electron chi connectivity index (χ2n) is 7.16. The van der Waals surface area contributed by atoms with E-state index in [1.165, 1.54) is 14.0 Å². The first-order chi connectivity index (χ1) is 14.7. The standard InChI is InChI=1S/C20H26N4O7/c1-4-31-19(28)15(11-10-14-8-6-5-7-9-14)24(21-30)13(2)17(25)23-16(18(26)27)12-22(3)20(23)29/h5-9,13,15-16H,4,10-12H2,1-3H3,(H,26,27)/t13-,15-,16-/m0/s1. The number of carbonyl (C=O) groups excluding carboxylic acids is 3. The first-order valence-electron chi connectivity index (χ1n) is 9.86. The quantitative estimate of drug-likeness (QED) is 0.330. The lowest BCUT2D eigenvalue weighted by Crippen LogP contribution is -2.54. The summed E-state index contributed by atoms with van der Waals surface area (Å²) < 4.78 is 5.05. The Morgan fingerprint density at radius 3 is 2.48 bits per heavy atom. The van der Waals surface area contributed by atoms with E-state index < -0.39 is 42.0 Å². The summed E-state index contributed by atoms with van der Waals surface area (Å²) >= 11 is 0. The monoisotopic (exact) mass is 434 g/mol. The van der Waals surface area contributed by atoms with E-state index in [4.69, 9.17) is 4.74 Å². The van der Waals surface area contributed by atoms with Gasteiger partial charge >= 0.3 is 18.0 Å². The molecule has 1 aromatic rings. The molecule has 1 aromatic carbocycles. The van der Waals surface area contributed by atoms with Crippen molar-refractivity contribution in [2.75, 3.05) is 20.2 Å². The Morgan fingerprint density at radius 1 is 1.29 bits per heavy atom. The fourth-order valence-electron chi connectivity index (χ4n) is 3.43. The van der Waals surface area contributed by atoms with Gasteiger partial charge in [-0.05, 0) is 32.3 Å². The van der Waals surface area contributed by atoms with E-state index in [-0.39, 0.29) is 19.6 Å². The average molecular weight is 434 g/mol. The predicted molar refractivity (Wildman–Crippen MR) is 109 cm³/mol. The van der Waals surface area contributed by atoms with Crippen LogP contribution >= 0.6 is 0 Å². The van der Waals surface area contributed by atoms with E-state index in [2.05, 4.69) is 5.29 Å². The zero-order valence-electron chi connectivity index (χ0n) is 17.6. The highest BCUT2D eigenvalue weighted by atomic mass is 16.5. The summed E-state index contributed by atoms with van der Waals surface area (Å²) in [5.74, 6) is -3.03. The maximum absolute atomic E-state index is 13.0. The van der Waals surface area contributed by atoms with Gasteiger partial charge in [-0.25, -0.2) is 24.3 Å². The van der Waals surface area contributed by atoms with Gasteiger partial charge in [-0.2, -0.15) is 0 Å². The highest BCUT2D eigenvalue weighted by Gasteiger charge is 2.47. The van der Waals surface area contributed by atoms with Crippen molar-refractivity contribution in [1.29, 1.82) is 0 Å². The summed E-state index contributed by atoms with van der Waals surface area (Å²) in [5.41, 5.74) is 0.906. The van der Waals surface area contributed by atoms with Crippen molar-refractivity contribution >= 4 is 23.9 Å². The third kappa shape index (κ3) is 5.36. The van der Waals surface area contributed by atoms with Crippen LogP contribution in [0.3, 0.4) is 0 Å². The van der Waals surface area contributed by atoms with Crippen molar-refractivity contribution in [3.8, 4) is 0 Å². The zero-order chi connectivity index (χ0) is 23.1. The number of nitrogens with zero attached hydrogens (tertiary/aromatic N) is 4. The van der Waals surface area contributed by atoms with Gasteiger partial charge in [-0.1, -0.05) is 30.3 Å². The number of urea groups is 1. The number of esters is 1. The van der Waals surface area contributed by atoms with Gasteiger partial charge in [-0.3, -0.25) is 4.79 Å². The molecular formula is C20H26N4O7. The Labute approximate surface area is 179 Å². The highest BCUT2D eigenvalue weighted by Crippen LogP contribution is 2.21. The molecule has 0 radical (unpaired) electrons. The number of aliphatic carboxylic acids is 1. The van der Waals surface area contributed by atoms with Gasteiger partial charge in [0.25, 0.3) is 5.91 Å². The second-order valence-corrected chi connectivity index (χ2v) is 7.16. The largest absolute Gasteiger partial charge is 0.480 e. The van der Waals surface area contributed by atoms with Crippen molar-refractivity contribution in [2.45, 2.75) is 44.8 Å². The van der Waals surface area contributed by atoms with Gasteiger partial charge in [0.2, 0.25) is 0 Å². The van der Waals surface area contributed by atoms with Crippen LogP contribution in [0.15, 0.2) is 35.6 Å². The highest BCUT2D eigenvalue weighted by molar-refractivity contribution is 6.02. The number of carboxylic acid groups (broad SMARTS) is 1. The van der Waals surface area contributed by atoms with Crippen LogP contribution in [-0.2, 0) is 25.5 Å². The fourth-order valence-corrected chi connectivity index (χ4v) is 3.43. The summed E-state index contributed by atoms with van der Waals surface area (Å²) in [6.07, 6.45) is 0.531. The van der Waals surface area contributed by atoms with Crippen LogP contribution < -0.4 is 0 Å². The third-order valence-corrected chi connectivity index (χ3v) is 5.09. The normalized spacial score (nSPS) is 17.8. The summed E-state index contributed by atoms with van der Waals surface area (Å²) in [4.78, 5) is 62.8. The molecule has 0 unspecified atom stereocenters. The number of imide groups is 1. The van der Waals surface area contributed by atoms with Crippen molar-refractivity contribution in [1.82, 2.24) is 14.8 Å². The minimum atomic E-state index is -1.40. The molecule has 1 fully saturated rings. The summed E-state index contributed by atoms with van der Waals surface area (Å²) in [5, 5.41) is 13.0. The minimum absolute atomic E-state index is 0.0617. The number of carbonyl (C=O) groups is 4. The molecule has 3 amide bonds.